The highest BCUT2D eigenvalue weighted by molar-refractivity contribution is 8.13. The average Bonchev–Trinajstić information content (AvgIpc) is 2.77. The molecule has 1 aliphatic rings. The van der Waals surface area contributed by atoms with Crippen molar-refractivity contribution < 1.29 is 13.2 Å². The number of halogens is 2. The zero-order chi connectivity index (χ0) is 15.8. The number of hydrogen-bond donors (Lipinski definition) is 0. The van der Waals surface area contributed by atoms with Gasteiger partial charge in [-0.1, -0.05) is 24.6 Å². The van der Waals surface area contributed by atoms with E-state index in [9.17, 15) is 13.2 Å². The second kappa shape index (κ2) is 6.15. The maximum atomic E-state index is 12.8. The fourth-order valence-electron chi connectivity index (χ4n) is 2.88. The number of hydrogen-bond acceptors (Lipinski definition) is 3. The van der Waals surface area contributed by atoms with Crippen LogP contribution in [0.25, 0.3) is 0 Å². The van der Waals surface area contributed by atoms with Gasteiger partial charge in [0.25, 0.3) is 15.0 Å². The van der Waals surface area contributed by atoms with Crippen molar-refractivity contribution in [2.24, 2.45) is 0 Å². The zero-order valence-corrected chi connectivity index (χ0v) is 14.2. The van der Waals surface area contributed by atoms with Crippen LogP contribution in [0, 0.1) is 0 Å². The van der Waals surface area contributed by atoms with Crippen LogP contribution in [0.2, 0.25) is 5.02 Å². The van der Waals surface area contributed by atoms with Gasteiger partial charge in [-0.2, -0.15) is 0 Å². The lowest BCUT2D eigenvalue weighted by Gasteiger charge is -2.29. The maximum Gasteiger partial charge on any atom is 0.262 e. The quantitative estimate of drug-likeness (QED) is 0.782. The molecule has 1 amide bonds. The second-order valence-corrected chi connectivity index (χ2v) is 8.19. The van der Waals surface area contributed by atoms with Crippen molar-refractivity contribution in [3.8, 4) is 0 Å². The molecule has 0 radical (unpaired) electrons. The smallest absolute Gasteiger partial charge is 0.262 e. The van der Waals surface area contributed by atoms with E-state index in [1.165, 1.54) is 18.2 Å². The molecule has 0 spiro atoms. The SMILES string of the molecule is CCC1CCC(C)N1C(=O)c1c(Cl)cccc1S(=O)(=O)Cl. The molecule has 0 bridgehead atoms. The van der Waals surface area contributed by atoms with Crippen LogP contribution in [0.4, 0.5) is 0 Å². The van der Waals surface area contributed by atoms with Crippen molar-refractivity contribution in [3.05, 3.63) is 28.8 Å². The Morgan fingerprint density at radius 1 is 1.38 bits per heavy atom. The minimum atomic E-state index is -4.03. The van der Waals surface area contributed by atoms with Crippen molar-refractivity contribution in [3.63, 3.8) is 0 Å². The van der Waals surface area contributed by atoms with Gasteiger partial charge in [-0.25, -0.2) is 8.42 Å². The molecule has 2 unspecified atom stereocenters. The predicted octanol–water partition coefficient (Wildman–Crippen LogP) is 3.67. The largest absolute Gasteiger partial charge is 0.333 e. The third-order valence-corrected chi connectivity index (χ3v) is 5.62. The number of benzene rings is 1. The van der Waals surface area contributed by atoms with Gasteiger partial charge in [0.15, 0.2) is 0 Å². The van der Waals surface area contributed by atoms with Crippen molar-refractivity contribution in [2.75, 3.05) is 0 Å². The van der Waals surface area contributed by atoms with E-state index >= 15 is 0 Å². The van der Waals surface area contributed by atoms with Crippen molar-refractivity contribution in [1.82, 2.24) is 4.90 Å². The highest BCUT2D eigenvalue weighted by Gasteiger charge is 2.36. The predicted molar refractivity (Wildman–Crippen MR) is 83.4 cm³/mol. The number of likely N-dealkylation sites (tertiary alicyclic amines) is 1. The first-order valence-electron chi connectivity index (χ1n) is 6.83. The normalized spacial score (nSPS) is 22.6. The first kappa shape index (κ1) is 16.6. The Kier molecular flexibility index (Phi) is 4.85. The van der Waals surface area contributed by atoms with Crippen LogP contribution in [0.1, 0.15) is 43.5 Å². The number of rotatable bonds is 3. The molecule has 0 N–H and O–H groups in total. The molecule has 1 fully saturated rings. The van der Waals surface area contributed by atoms with Crippen molar-refractivity contribution in [1.29, 1.82) is 0 Å². The second-order valence-electron chi connectivity index (χ2n) is 5.25. The highest BCUT2D eigenvalue weighted by Crippen LogP contribution is 2.33. The van der Waals surface area contributed by atoms with Gasteiger partial charge in [0.05, 0.1) is 15.5 Å². The van der Waals surface area contributed by atoms with Gasteiger partial charge in [-0.05, 0) is 38.3 Å². The summed E-state index contributed by atoms with van der Waals surface area (Å²) >= 11 is 6.08. The Balaban J connectivity index is 2.54. The van der Waals surface area contributed by atoms with Crippen molar-refractivity contribution >= 4 is 37.2 Å². The summed E-state index contributed by atoms with van der Waals surface area (Å²) in [4.78, 5) is 14.3. The Morgan fingerprint density at radius 2 is 2.05 bits per heavy atom. The molecule has 1 saturated heterocycles. The molecular weight excluding hydrogens is 333 g/mol. The van der Waals surface area contributed by atoms with Crippen LogP contribution in [-0.2, 0) is 9.05 Å². The fraction of sp³-hybridized carbons (Fsp3) is 0.500. The summed E-state index contributed by atoms with van der Waals surface area (Å²) in [6, 6.07) is 4.45. The van der Waals surface area contributed by atoms with E-state index in [0.29, 0.717) is 0 Å². The average molecular weight is 350 g/mol. The van der Waals surface area contributed by atoms with Crippen LogP contribution >= 0.6 is 22.3 Å². The highest BCUT2D eigenvalue weighted by atomic mass is 35.7. The minimum Gasteiger partial charge on any atom is -0.333 e. The Hall–Kier alpha value is -0.780. The van der Waals surface area contributed by atoms with Gasteiger partial charge in [-0.3, -0.25) is 4.79 Å². The molecule has 116 valence electrons. The molecular formula is C14H17Cl2NO3S. The van der Waals surface area contributed by atoms with Gasteiger partial charge in [-0.15, -0.1) is 0 Å². The monoisotopic (exact) mass is 349 g/mol. The summed E-state index contributed by atoms with van der Waals surface area (Å²) < 4.78 is 23.4. The summed E-state index contributed by atoms with van der Waals surface area (Å²) in [7, 11) is 1.40. The van der Waals surface area contributed by atoms with Crippen LogP contribution in [0.15, 0.2) is 23.1 Å². The molecule has 7 heteroatoms. The van der Waals surface area contributed by atoms with Gasteiger partial charge in [0.2, 0.25) is 0 Å². The van der Waals surface area contributed by atoms with Crippen LogP contribution in [0.3, 0.4) is 0 Å². The van der Waals surface area contributed by atoms with Gasteiger partial charge >= 0.3 is 0 Å². The van der Waals surface area contributed by atoms with E-state index < -0.39 is 9.05 Å². The van der Waals surface area contributed by atoms with Gasteiger partial charge < -0.3 is 4.90 Å². The first-order valence-corrected chi connectivity index (χ1v) is 9.52. The number of carbonyl (C=O) groups is 1. The summed E-state index contributed by atoms with van der Waals surface area (Å²) in [5.41, 5.74) is -0.0265. The lowest BCUT2D eigenvalue weighted by molar-refractivity contribution is 0.0672. The third kappa shape index (κ3) is 3.20. The Bertz CT molecular complexity index is 660. The van der Waals surface area contributed by atoms with E-state index in [2.05, 4.69) is 0 Å². The van der Waals surface area contributed by atoms with E-state index in [-0.39, 0.29) is 33.5 Å². The number of nitrogens with zero attached hydrogens (tertiary/aromatic N) is 1. The van der Waals surface area contributed by atoms with E-state index in [4.69, 9.17) is 22.3 Å². The van der Waals surface area contributed by atoms with E-state index in [1.807, 2.05) is 13.8 Å². The lowest BCUT2D eigenvalue weighted by Crippen LogP contribution is -2.40. The molecule has 2 atom stereocenters. The molecule has 2 rings (SSSR count). The molecule has 4 nitrogen and oxygen atoms in total. The molecule has 1 aromatic rings. The molecule has 1 heterocycles. The number of carbonyl (C=O) groups excluding carboxylic acids is 1. The van der Waals surface area contributed by atoms with Crippen LogP contribution in [-0.4, -0.2) is 31.3 Å². The summed E-state index contributed by atoms with van der Waals surface area (Å²) in [6.45, 7) is 3.97. The standard InChI is InChI=1S/C14H17Cl2NO3S/c1-3-10-8-7-9(2)17(10)14(18)13-11(15)5-4-6-12(13)21(16,19)20/h4-6,9-10H,3,7-8H2,1-2H3. The summed E-state index contributed by atoms with van der Waals surface area (Å²) in [5.74, 6) is -0.364. The third-order valence-electron chi connectivity index (χ3n) is 3.94. The molecule has 0 aliphatic carbocycles. The molecule has 1 aliphatic heterocycles. The van der Waals surface area contributed by atoms with Crippen molar-refractivity contribution in [2.45, 2.75) is 50.1 Å². The Labute approximate surface area is 134 Å². The first-order chi connectivity index (χ1) is 9.77. The Morgan fingerprint density at radius 3 is 2.62 bits per heavy atom. The molecule has 21 heavy (non-hydrogen) atoms. The molecule has 0 aromatic heterocycles. The van der Waals surface area contributed by atoms with Gasteiger partial charge in [0.1, 0.15) is 0 Å². The minimum absolute atomic E-state index is 0.0265. The lowest BCUT2D eigenvalue weighted by atomic mass is 10.1. The topological polar surface area (TPSA) is 54.5 Å². The van der Waals surface area contributed by atoms with E-state index in [1.54, 1.807) is 4.90 Å². The summed E-state index contributed by atoms with van der Waals surface area (Å²) in [5, 5.41) is 0.107. The van der Waals surface area contributed by atoms with Crippen LogP contribution in [0.5, 0.6) is 0 Å². The fourth-order valence-corrected chi connectivity index (χ4v) is 4.26. The molecule has 0 saturated carbocycles. The van der Waals surface area contributed by atoms with Gasteiger partial charge in [0, 0.05) is 22.8 Å². The molecule has 1 aromatic carbocycles. The zero-order valence-electron chi connectivity index (χ0n) is 11.8. The number of amides is 1. The van der Waals surface area contributed by atoms with E-state index in [0.717, 1.165) is 19.3 Å². The summed E-state index contributed by atoms with van der Waals surface area (Å²) in [6.07, 6.45) is 2.64. The maximum absolute atomic E-state index is 12.8. The van der Waals surface area contributed by atoms with Crippen LogP contribution < -0.4 is 0 Å².